The van der Waals surface area contributed by atoms with Crippen LogP contribution in [0, 0.1) is 0 Å². The minimum atomic E-state index is -3.89. The van der Waals surface area contributed by atoms with Gasteiger partial charge in [0.25, 0.3) is 10.0 Å². The van der Waals surface area contributed by atoms with E-state index >= 15 is 0 Å². The summed E-state index contributed by atoms with van der Waals surface area (Å²) in [6.07, 6.45) is 0. The molecule has 0 amide bonds. The van der Waals surface area contributed by atoms with Crippen LogP contribution >= 0.6 is 0 Å². The summed E-state index contributed by atoms with van der Waals surface area (Å²) >= 11 is 0. The Morgan fingerprint density at radius 2 is 1.59 bits per heavy atom. The fourth-order valence-corrected chi connectivity index (χ4v) is 4.16. The van der Waals surface area contributed by atoms with Crippen molar-refractivity contribution in [3.63, 3.8) is 0 Å². The van der Waals surface area contributed by atoms with Crippen molar-refractivity contribution in [1.82, 2.24) is 0 Å². The predicted octanol–water partition coefficient (Wildman–Crippen LogP) is 4.85. The Hall–Kier alpha value is -3.12. The van der Waals surface area contributed by atoms with E-state index in [2.05, 4.69) is 4.72 Å². The molecule has 3 aromatic carbocycles. The molecule has 0 unspecified atom stereocenters. The maximum Gasteiger partial charge on any atom is 0.261 e. The second-order valence-corrected chi connectivity index (χ2v) is 8.59. The van der Waals surface area contributed by atoms with Crippen LogP contribution in [0.15, 0.2) is 77.7 Å². The monoisotopic (exact) mass is 409 g/mol. The molecule has 0 fully saturated rings. The first-order valence-electron chi connectivity index (χ1n) is 9.23. The molecule has 29 heavy (non-hydrogen) atoms. The molecule has 0 atom stereocenters. The molecule has 6 heteroatoms. The number of ether oxygens (including phenoxy) is 1. The van der Waals surface area contributed by atoms with Gasteiger partial charge in [0.1, 0.15) is 5.75 Å². The van der Waals surface area contributed by atoms with E-state index in [0.717, 1.165) is 5.56 Å². The third kappa shape index (κ3) is 4.49. The Balaban J connectivity index is 1.98. The Kier molecular flexibility index (Phi) is 6.03. The number of carbonyl (C=O) groups excluding carboxylic acids is 1. The Morgan fingerprint density at radius 1 is 0.931 bits per heavy atom. The van der Waals surface area contributed by atoms with Crippen molar-refractivity contribution in [3.05, 3.63) is 89.5 Å². The van der Waals surface area contributed by atoms with E-state index < -0.39 is 10.0 Å². The number of para-hydroxylation sites is 1. The van der Waals surface area contributed by atoms with Gasteiger partial charge in [-0.2, -0.15) is 0 Å². The van der Waals surface area contributed by atoms with E-state index in [-0.39, 0.29) is 22.3 Å². The first-order valence-corrected chi connectivity index (χ1v) is 10.7. The number of methoxy groups -OCH3 is 1. The maximum absolute atomic E-state index is 13.0. The number of ketones is 1. The largest absolute Gasteiger partial charge is 0.496 e. The molecule has 0 saturated carbocycles. The summed E-state index contributed by atoms with van der Waals surface area (Å²) in [4.78, 5) is 13.0. The average molecular weight is 410 g/mol. The molecule has 0 aliphatic heterocycles. The smallest absolute Gasteiger partial charge is 0.261 e. The highest BCUT2D eigenvalue weighted by molar-refractivity contribution is 7.92. The number of hydrogen-bond donors (Lipinski definition) is 1. The molecular weight excluding hydrogens is 386 g/mol. The summed E-state index contributed by atoms with van der Waals surface area (Å²) in [5, 5.41) is 0. The van der Waals surface area contributed by atoms with Crippen LogP contribution < -0.4 is 9.46 Å². The van der Waals surface area contributed by atoms with Crippen LogP contribution in [0.2, 0.25) is 0 Å². The second-order valence-electron chi connectivity index (χ2n) is 6.90. The van der Waals surface area contributed by atoms with Gasteiger partial charge < -0.3 is 4.74 Å². The van der Waals surface area contributed by atoms with Crippen LogP contribution in [0.1, 0.15) is 41.3 Å². The van der Waals surface area contributed by atoms with Crippen LogP contribution in [0.25, 0.3) is 0 Å². The van der Waals surface area contributed by atoms with Crippen molar-refractivity contribution in [2.75, 3.05) is 11.8 Å². The zero-order chi connectivity index (χ0) is 21.0. The molecule has 0 radical (unpaired) electrons. The Bertz CT molecular complexity index is 1120. The lowest BCUT2D eigenvalue weighted by atomic mass is 10.0. The van der Waals surface area contributed by atoms with Crippen molar-refractivity contribution in [3.8, 4) is 5.75 Å². The van der Waals surface area contributed by atoms with Gasteiger partial charge in [-0.25, -0.2) is 8.42 Å². The second kappa shape index (κ2) is 8.49. The molecule has 150 valence electrons. The summed E-state index contributed by atoms with van der Waals surface area (Å²) < 4.78 is 33.9. The average Bonchev–Trinajstić information content (AvgIpc) is 2.73. The topological polar surface area (TPSA) is 72.5 Å². The lowest BCUT2D eigenvalue weighted by Gasteiger charge is -2.15. The van der Waals surface area contributed by atoms with E-state index in [1.807, 2.05) is 19.9 Å². The summed E-state index contributed by atoms with van der Waals surface area (Å²) in [6, 6.07) is 20.1. The highest BCUT2D eigenvalue weighted by atomic mass is 32.2. The summed E-state index contributed by atoms with van der Waals surface area (Å²) in [7, 11) is -2.34. The summed E-state index contributed by atoms with van der Waals surface area (Å²) in [6.45, 7) is 3.94. The van der Waals surface area contributed by atoms with Crippen LogP contribution in [0.5, 0.6) is 5.75 Å². The van der Waals surface area contributed by atoms with Crippen molar-refractivity contribution < 1.29 is 17.9 Å². The van der Waals surface area contributed by atoms with Crippen molar-refractivity contribution in [1.29, 1.82) is 0 Å². The number of sulfonamides is 1. The molecule has 0 aromatic heterocycles. The van der Waals surface area contributed by atoms with Gasteiger partial charge in [0.15, 0.2) is 5.78 Å². The number of rotatable bonds is 7. The van der Waals surface area contributed by atoms with Gasteiger partial charge in [0, 0.05) is 11.1 Å². The summed E-state index contributed by atoms with van der Waals surface area (Å²) in [5.41, 5.74) is 1.82. The third-order valence-electron chi connectivity index (χ3n) is 4.59. The SMILES string of the molecule is COc1ccc(S(=O)(=O)Nc2ccccc2C(=O)c2ccccc2)cc1C(C)C. The van der Waals surface area contributed by atoms with Crippen molar-refractivity contribution in [2.45, 2.75) is 24.7 Å². The van der Waals surface area contributed by atoms with E-state index in [4.69, 9.17) is 4.74 Å². The number of carbonyl (C=O) groups is 1. The third-order valence-corrected chi connectivity index (χ3v) is 5.95. The first-order chi connectivity index (χ1) is 13.8. The van der Waals surface area contributed by atoms with E-state index in [0.29, 0.717) is 16.9 Å². The van der Waals surface area contributed by atoms with Gasteiger partial charge in [-0.05, 0) is 41.8 Å². The van der Waals surface area contributed by atoms with Crippen LogP contribution in [0.3, 0.4) is 0 Å². The van der Waals surface area contributed by atoms with Crippen molar-refractivity contribution >= 4 is 21.5 Å². The highest BCUT2D eigenvalue weighted by Gasteiger charge is 2.21. The molecular formula is C23H23NO4S. The molecule has 3 rings (SSSR count). The molecule has 0 aliphatic rings. The predicted molar refractivity (Wildman–Crippen MR) is 114 cm³/mol. The van der Waals surface area contributed by atoms with Crippen LogP contribution in [-0.2, 0) is 10.0 Å². The maximum atomic E-state index is 13.0. The molecule has 0 spiro atoms. The number of hydrogen-bond acceptors (Lipinski definition) is 4. The van der Waals surface area contributed by atoms with Gasteiger partial charge in [-0.15, -0.1) is 0 Å². The molecule has 3 aromatic rings. The van der Waals surface area contributed by atoms with Crippen LogP contribution in [0.4, 0.5) is 5.69 Å². The standard InChI is InChI=1S/C23H23NO4S/c1-16(2)20-15-18(13-14-22(20)28-3)29(26,27)24-21-12-8-7-11-19(21)23(25)17-9-5-4-6-10-17/h4-16,24H,1-3H3. The number of nitrogens with one attached hydrogen (secondary N) is 1. The lowest BCUT2D eigenvalue weighted by molar-refractivity contribution is 0.103. The minimum absolute atomic E-state index is 0.0899. The fourth-order valence-electron chi connectivity index (χ4n) is 3.05. The number of benzene rings is 3. The first kappa shape index (κ1) is 20.6. The van der Waals surface area contributed by atoms with Crippen molar-refractivity contribution in [2.24, 2.45) is 0 Å². The Morgan fingerprint density at radius 3 is 2.24 bits per heavy atom. The lowest BCUT2D eigenvalue weighted by Crippen LogP contribution is -2.16. The highest BCUT2D eigenvalue weighted by Crippen LogP contribution is 2.30. The fraction of sp³-hybridized carbons (Fsp3) is 0.174. The van der Waals surface area contributed by atoms with E-state index in [1.54, 1.807) is 67.8 Å². The zero-order valence-electron chi connectivity index (χ0n) is 16.5. The number of anilines is 1. The molecule has 1 N–H and O–H groups in total. The van der Waals surface area contributed by atoms with Gasteiger partial charge >= 0.3 is 0 Å². The van der Waals surface area contributed by atoms with Gasteiger partial charge in [0.2, 0.25) is 0 Å². The zero-order valence-corrected chi connectivity index (χ0v) is 17.4. The Labute approximate surface area is 171 Å². The molecule has 0 saturated heterocycles. The van der Waals surface area contributed by atoms with E-state index in [1.165, 1.54) is 6.07 Å². The molecule has 0 aliphatic carbocycles. The minimum Gasteiger partial charge on any atom is -0.496 e. The summed E-state index contributed by atoms with van der Waals surface area (Å²) in [5.74, 6) is 0.479. The molecule has 0 bridgehead atoms. The van der Waals surface area contributed by atoms with Gasteiger partial charge in [-0.1, -0.05) is 56.3 Å². The van der Waals surface area contributed by atoms with Gasteiger partial charge in [0.05, 0.1) is 17.7 Å². The molecule has 0 heterocycles. The quantitative estimate of drug-likeness (QED) is 0.566. The van der Waals surface area contributed by atoms with E-state index in [9.17, 15) is 13.2 Å². The van der Waals surface area contributed by atoms with Crippen LogP contribution in [-0.4, -0.2) is 21.3 Å². The van der Waals surface area contributed by atoms with Gasteiger partial charge in [-0.3, -0.25) is 9.52 Å². The molecule has 5 nitrogen and oxygen atoms in total. The normalized spacial score (nSPS) is 11.3.